The van der Waals surface area contributed by atoms with E-state index >= 15 is 0 Å². The highest BCUT2D eigenvalue weighted by Crippen LogP contribution is 2.17. The molecule has 1 aliphatic rings. The minimum Gasteiger partial charge on any atom is -0.353 e. The number of hydrogen-bond acceptors (Lipinski definition) is 6. The molecule has 1 amide bonds. The molecule has 1 saturated heterocycles. The number of aromatic nitrogens is 5. The Bertz CT molecular complexity index is 1190. The summed E-state index contributed by atoms with van der Waals surface area (Å²) in [6.45, 7) is 2.29. The normalized spacial score (nSPS) is 14.6. The number of carbonyl (C=O) groups is 1. The van der Waals surface area contributed by atoms with Crippen molar-refractivity contribution in [2.24, 2.45) is 14.1 Å². The first kappa shape index (κ1) is 19.2. The van der Waals surface area contributed by atoms with Gasteiger partial charge in [-0.25, -0.2) is 9.78 Å². The van der Waals surface area contributed by atoms with E-state index in [-0.39, 0.29) is 28.9 Å². The number of rotatable bonds is 3. The second-order valence-electron chi connectivity index (χ2n) is 6.90. The highest BCUT2D eigenvalue weighted by molar-refractivity contribution is 6.29. The third kappa shape index (κ3) is 3.29. The molecular formula is C18H20ClN7O3. The Balaban J connectivity index is 1.55. The summed E-state index contributed by atoms with van der Waals surface area (Å²) in [5, 5.41) is -0.00114. The number of amides is 1. The summed E-state index contributed by atoms with van der Waals surface area (Å²) in [6, 6.07) is 5.73. The van der Waals surface area contributed by atoms with Crippen LogP contribution in [0.5, 0.6) is 0 Å². The van der Waals surface area contributed by atoms with Gasteiger partial charge in [-0.2, -0.15) is 4.98 Å². The minimum atomic E-state index is -0.532. The number of nitrogens with zero attached hydrogens (tertiary/aromatic N) is 7. The Morgan fingerprint density at radius 2 is 1.83 bits per heavy atom. The number of anilines is 1. The second-order valence-corrected chi connectivity index (χ2v) is 7.24. The largest absolute Gasteiger partial charge is 0.353 e. The van der Waals surface area contributed by atoms with E-state index in [2.05, 4.69) is 14.9 Å². The summed E-state index contributed by atoms with van der Waals surface area (Å²) in [5.41, 5.74) is -0.730. The van der Waals surface area contributed by atoms with E-state index in [1.807, 2.05) is 18.2 Å². The summed E-state index contributed by atoms with van der Waals surface area (Å²) in [5.74, 6) is 0.718. The first-order valence-corrected chi connectivity index (χ1v) is 9.51. The average Bonchev–Trinajstić information content (AvgIpc) is 3.07. The van der Waals surface area contributed by atoms with Gasteiger partial charge >= 0.3 is 5.69 Å². The topological polar surface area (TPSA) is 98.3 Å². The first-order valence-electron chi connectivity index (χ1n) is 9.14. The van der Waals surface area contributed by atoms with Gasteiger partial charge < -0.3 is 9.80 Å². The van der Waals surface area contributed by atoms with E-state index in [4.69, 9.17) is 11.6 Å². The molecule has 1 aliphatic heterocycles. The third-order valence-electron chi connectivity index (χ3n) is 5.20. The van der Waals surface area contributed by atoms with Gasteiger partial charge in [-0.3, -0.25) is 23.3 Å². The summed E-state index contributed by atoms with van der Waals surface area (Å²) >= 11 is 6.20. The number of carbonyl (C=O) groups excluding carboxylic acids is 1. The van der Waals surface area contributed by atoms with E-state index in [0.29, 0.717) is 26.2 Å². The average molecular weight is 418 g/mol. The fraction of sp³-hybridized carbons (Fsp3) is 0.389. The number of imidazole rings is 1. The van der Waals surface area contributed by atoms with Gasteiger partial charge in [0.15, 0.2) is 11.2 Å². The molecule has 4 rings (SSSR count). The van der Waals surface area contributed by atoms with Gasteiger partial charge in [0.05, 0.1) is 0 Å². The number of pyridine rings is 1. The highest BCUT2D eigenvalue weighted by Gasteiger charge is 2.25. The lowest BCUT2D eigenvalue weighted by atomic mass is 10.3. The molecular weight excluding hydrogens is 398 g/mol. The van der Waals surface area contributed by atoms with Crippen LogP contribution in [0.1, 0.15) is 0 Å². The maximum Gasteiger partial charge on any atom is 0.332 e. The van der Waals surface area contributed by atoms with Gasteiger partial charge in [0.2, 0.25) is 11.2 Å². The van der Waals surface area contributed by atoms with Crippen molar-refractivity contribution in [3.05, 3.63) is 50.5 Å². The zero-order valence-corrected chi connectivity index (χ0v) is 16.8. The summed E-state index contributed by atoms with van der Waals surface area (Å²) < 4.78 is 3.59. The van der Waals surface area contributed by atoms with Crippen LogP contribution in [0.2, 0.25) is 5.28 Å². The molecule has 29 heavy (non-hydrogen) atoms. The quantitative estimate of drug-likeness (QED) is 0.549. The Labute approximate surface area is 170 Å². The molecule has 0 aliphatic carbocycles. The molecule has 0 spiro atoms. The van der Waals surface area contributed by atoms with Crippen molar-refractivity contribution < 1.29 is 4.79 Å². The number of hydrogen-bond donors (Lipinski definition) is 0. The molecule has 0 bridgehead atoms. The Morgan fingerprint density at radius 3 is 2.48 bits per heavy atom. The molecule has 0 saturated carbocycles. The van der Waals surface area contributed by atoms with Crippen LogP contribution in [0.3, 0.4) is 0 Å². The van der Waals surface area contributed by atoms with Crippen molar-refractivity contribution in [3.8, 4) is 0 Å². The van der Waals surface area contributed by atoms with E-state index < -0.39 is 11.2 Å². The van der Waals surface area contributed by atoms with Crippen molar-refractivity contribution in [2.45, 2.75) is 6.54 Å². The molecule has 3 aromatic heterocycles. The van der Waals surface area contributed by atoms with Gasteiger partial charge in [0.25, 0.3) is 5.56 Å². The standard InChI is InChI=1S/C18H20ClN7O3/c1-22-15-14(16(28)23(2)18(22)29)26(17(19)21-15)11-13(27)25-9-7-24(8-10-25)12-5-3-4-6-20-12/h3-6H,7-11H2,1-2H3. The zero-order valence-electron chi connectivity index (χ0n) is 16.1. The molecule has 0 atom stereocenters. The van der Waals surface area contributed by atoms with Gasteiger partial charge in [0, 0.05) is 46.5 Å². The Hall–Kier alpha value is -3.14. The molecule has 1 fully saturated rings. The number of aryl methyl sites for hydroxylation is 1. The molecule has 10 nitrogen and oxygen atoms in total. The van der Waals surface area contributed by atoms with Crippen molar-refractivity contribution in [3.63, 3.8) is 0 Å². The van der Waals surface area contributed by atoms with Gasteiger partial charge in [-0.1, -0.05) is 6.07 Å². The third-order valence-corrected chi connectivity index (χ3v) is 5.49. The lowest BCUT2D eigenvalue weighted by molar-refractivity contribution is -0.132. The van der Waals surface area contributed by atoms with E-state index in [0.717, 1.165) is 10.4 Å². The smallest absolute Gasteiger partial charge is 0.332 e. The highest BCUT2D eigenvalue weighted by atomic mass is 35.5. The first-order chi connectivity index (χ1) is 13.9. The predicted molar refractivity (Wildman–Crippen MR) is 108 cm³/mol. The van der Waals surface area contributed by atoms with Gasteiger partial charge in [0.1, 0.15) is 12.4 Å². The SMILES string of the molecule is Cn1c(=O)c2c(nc(Cl)n2CC(=O)N2CCN(c3ccccn3)CC2)n(C)c1=O. The van der Waals surface area contributed by atoms with Crippen molar-refractivity contribution in [1.29, 1.82) is 0 Å². The zero-order chi connectivity index (χ0) is 20.7. The maximum atomic E-state index is 12.9. The van der Waals surface area contributed by atoms with Crippen molar-refractivity contribution in [1.82, 2.24) is 28.6 Å². The lowest BCUT2D eigenvalue weighted by Gasteiger charge is -2.35. The Kier molecular flexibility index (Phi) is 4.87. The van der Waals surface area contributed by atoms with Gasteiger partial charge in [-0.05, 0) is 23.7 Å². The van der Waals surface area contributed by atoms with Crippen LogP contribution < -0.4 is 16.1 Å². The molecule has 0 radical (unpaired) electrons. The minimum absolute atomic E-state index is 0.00114. The molecule has 3 aromatic rings. The van der Waals surface area contributed by atoms with Crippen LogP contribution in [-0.2, 0) is 25.4 Å². The van der Waals surface area contributed by atoms with E-state index in [9.17, 15) is 14.4 Å². The molecule has 0 N–H and O–H groups in total. The summed E-state index contributed by atoms with van der Waals surface area (Å²) in [6.07, 6.45) is 1.74. The van der Waals surface area contributed by atoms with Crippen molar-refractivity contribution >= 4 is 34.5 Å². The molecule has 11 heteroatoms. The number of halogens is 1. The van der Waals surface area contributed by atoms with Crippen LogP contribution >= 0.6 is 11.6 Å². The van der Waals surface area contributed by atoms with Gasteiger partial charge in [-0.15, -0.1) is 0 Å². The van der Waals surface area contributed by atoms with E-state index in [1.165, 1.54) is 23.2 Å². The van der Waals surface area contributed by atoms with Crippen molar-refractivity contribution in [2.75, 3.05) is 31.1 Å². The predicted octanol–water partition coefficient (Wildman–Crippen LogP) is -0.169. The van der Waals surface area contributed by atoms with Crippen LogP contribution in [-0.4, -0.2) is 60.7 Å². The lowest BCUT2D eigenvalue weighted by Crippen LogP contribution is -2.50. The summed E-state index contributed by atoms with van der Waals surface area (Å²) in [4.78, 5) is 49.8. The Morgan fingerprint density at radius 1 is 1.10 bits per heavy atom. The monoisotopic (exact) mass is 417 g/mol. The van der Waals surface area contributed by atoms with Crippen LogP contribution in [0.25, 0.3) is 11.2 Å². The van der Waals surface area contributed by atoms with Crippen LogP contribution in [0, 0.1) is 0 Å². The molecule has 4 heterocycles. The van der Waals surface area contributed by atoms with Crippen LogP contribution in [0.4, 0.5) is 5.82 Å². The fourth-order valence-electron chi connectivity index (χ4n) is 3.53. The van der Waals surface area contributed by atoms with Crippen LogP contribution in [0.15, 0.2) is 34.0 Å². The maximum absolute atomic E-state index is 12.9. The van der Waals surface area contributed by atoms with E-state index in [1.54, 1.807) is 11.1 Å². The number of fused-ring (bicyclic) bond motifs is 1. The molecule has 0 aromatic carbocycles. The molecule has 0 unspecified atom stereocenters. The second kappa shape index (κ2) is 7.36. The number of piperazine rings is 1. The summed E-state index contributed by atoms with van der Waals surface area (Å²) in [7, 11) is 2.89. The molecule has 152 valence electrons. The fourth-order valence-corrected chi connectivity index (χ4v) is 3.75.